The molecule has 96 valence electrons. The first-order valence-corrected chi connectivity index (χ1v) is 6.40. The maximum absolute atomic E-state index is 5.61. The number of nitrogens with one attached hydrogen (secondary N) is 1. The van der Waals surface area contributed by atoms with Crippen LogP contribution >= 0.6 is 0 Å². The van der Waals surface area contributed by atoms with Gasteiger partial charge in [0.25, 0.3) is 0 Å². The Morgan fingerprint density at radius 2 is 1.78 bits per heavy atom. The van der Waals surface area contributed by atoms with Crippen LogP contribution in [0.15, 0.2) is 34.7 Å². The van der Waals surface area contributed by atoms with Crippen LogP contribution in [0.1, 0.15) is 34.3 Å². The zero-order valence-corrected chi connectivity index (χ0v) is 11.6. The van der Waals surface area contributed by atoms with E-state index in [4.69, 9.17) is 4.42 Å². The summed E-state index contributed by atoms with van der Waals surface area (Å²) in [5.74, 6) is 1.99. The van der Waals surface area contributed by atoms with Gasteiger partial charge >= 0.3 is 0 Å². The molecule has 1 atom stereocenters. The Hall–Kier alpha value is -1.54. The fraction of sp³-hybridized carbons (Fsp3) is 0.375. The van der Waals surface area contributed by atoms with Gasteiger partial charge in [0.15, 0.2) is 0 Å². The number of rotatable bonds is 4. The van der Waals surface area contributed by atoms with Gasteiger partial charge in [0.05, 0.1) is 0 Å². The SMILES string of the molecule is CNC(Cc1ccc(C)cc1)c1cc(C)oc1C. The van der Waals surface area contributed by atoms with Crippen LogP contribution in [0.25, 0.3) is 0 Å². The first kappa shape index (κ1) is 12.9. The minimum absolute atomic E-state index is 0.310. The van der Waals surface area contributed by atoms with E-state index in [0.29, 0.717) is 6.04 Å². The molecule has 0 aliphatic heterocycles. The molecular weight excluding hydrogens is 222 g/mol. The van der Waals surface area contributed by atoms with Crippen molar-refractivity contribution in [2.24, 2.45) is 0 Å². The Balaban J connectivity index is 2.19. The van der Waals surface area contributed by atoms with Crippen LogP contribution in [-0.2, 0) is 6.42 Å². The molecule has 0 radical (unpaired) electrons. The largest absolute Gasteiger partial charge is 0.466 e. The molecule has 0 bridgehead atoms. The third kappa shape index (κ3) is 2.82. The van der Waals surface area contributed by atoms with Crippen molar-refractivity contribution in [3.05, 3.63) is 58.5 Å². The van der Waals surface area contributed by atoms with Gasteiger partial charge in [0, 0.05) is 11.6 Å². The van der Waals surface area contributed by atoms with Gasteiger partial charge in [0.2, 0.25) is 0 Å². The van der Waals surface area contributed by atoms with Crippen molar-refractivity contribution >= 4 is 0 Å². The average molecular weight is 243 g/mol. The van der Waals surface area contributed by atoms with Gasteiger partial charge in [-0.05, 0) is 45.9 Å². The summed E-state index contributed by atoms with van der Waals surface area (Å²) in [5.41, 5.74) is 3.91. The molecular formula is C16H21NO. The van der Waals surface area contributed by atoms with Crippen LogP contribution < -0.4 is 5.32 Å². The summed E-state index contributed by atoms with van der Waals surface area (Å²) >= 11 is 0. The molecule has 2 heteroatoms. The standard InChI is InChI=1S/C16H21NO/c1-11-5-7-14(8-6-11)10-16(17-4)15-9-12(2)18-13(15)3/h5-9,16-17H,10H2,1-4H3. The number of aryl methyl sites for hydroxylation is 3. The van der Waals surface area contributed by atoms with E-state index in [2.05, 4.69) is 42.6 Å². The maximum atomic E-state index is 5.61. The van der Waals surface area contributed by atoms with Gasteiger partial charge in [-0.3, -0.25) is 0 Å². The van der Waals surface area contributed by atoms with E-state index in [0.717, 1.165) is 17.9 Å². The summed E-state index contributed by atoms with van der Waals surface area (Å²) < 4.78 is 5.61. The summed E-state index contributed by atoms with van der Waals surface area (Å²) in [6, 6.07) is 11.2. The normalized spacial score (nSPS) is 12.7. The molecule has 1 aromatic carbocycles. The zero-order chi connectivity index (χ0) is 13.1. The van der Waals surface area contributed by atoms with Crippen molar-refractivity contribution < 1.29 is 4.42 Å². The summed E-state index contributed by atoms with van der Waals surface area (Å²) in [4.78, 5) is 0. The number of likely N-dealkylation sites (N-methyl/N-ethyl adjacent to an activating group) is 1. The second-order valence-corrected chi connectivity index (χ2v) is 4.90. The highest BCUT2D eigenvalue weighted by atomic mass is 16.3. The molecule has 2 nitrogen and oxygen atoms in total. The molecule has 1 heterocycles. The maximum Gasteiger partial charge on any atom is 0.105 e. The molecule has 1 unspecified atom stereocenters. The van der Waals surface area contributed by atoms with Gasteiger partial charge in [-0.1, -0.05) is 29.8 Å². The Morgan fingerprint density at radius 1 is 1.11 bits per heavy atom. The smallest absolute Gasteiger partial charge is 0.105 e. The highest BCUT2D eigenvalue weighted by Gasteiger charge is 2.15. The molecule has 0 fully saturated rings. The quantitative estimate of drug-likeness (QED) is 0.885. The Morgan fingerprint density at radius 3 is 2.28 bits per heavy atom. The van der Waals surface area contributed by atoms with Gasteiger partial charge < -0.3 is 9.73 Å². The molecule has 0 aliphatic rings. The van der Waals surface area contributed by atoms with Crippen LogP contribution in [0.3, 0.4) is 0 Å². The molecule has 0 amide bonds. The fourth-order valence-corrected chi connectivity index (χ4v) is 2.32. The fourth-order valence-electron chi connectivity index (χ4n) is 2.32. The van der Waals surface area contributed by atoms with Crippen molar-refractivity contribution in [3.63, 3.8) is 0 Å². The summed E-state index contributed by atoms with van der Waals surface area (Å²) in [6.45, 7) is 6.14. The number of furan rings is 1. The number of hydrogen-bond acceptors (Lipinski definition) is 2. The van der Waals surface area contributed by atoms with Crippen molar-refractivity contribution in [2.45, 2.75) is 33.2 Å². The predicted octanol–water partition coefficient (Wildman–Crippen LogP) is 3.71. The Labute approximate surface area is 109 Å². The topological polar surface area (TPSA) is 25.2 Å². The summed E-state index contributed by atoms with van der Waals surface area (Å²) in [6.07, 6.45) is 0.983. The third-order valence-electron chi connectivity index (χ3n) is 3.36. The number of hydrogen-bond donors (Lipinski definition) is 1. The Bertz CT molecular complexity index is 510. The van der Waals surface area contributed by atoms with Gasteiger partial charge in [0.1, 0.15) is 11.5 Å². The minimum Gasteiger partial charge on any atom is -0.466 e. The molecule has 0 saturated heterocycles. The van der Waals surface area contributed by atoms with E-state index < -0.39 is 0 Å². The monoisotopic (exact) mass is 243 g/mol. The summed E-state index contributed by atoms with van der Waals surface area (Å²) in [5, 5.41) is 3.38. The van der Waals surface area contributed by atoms with Gasteiger partial charge in [-0.25, -0.2) is 0 Å². The van der Waals surface area contributed by atoms with Crippen molar-refractivity contribution in [3.8, 4) is 0 Å². The first-order chi connectivity index (χ1) is 8.60. The number of benzene rings is 1. The highest BCUT2D eigenvalue weighted by Crippen LogP contribution is 2.24. The van der Waals surface area contributed by atoms with Crippen molar-refractivity contribution in [1.29, 1.82) is 0 Å². The Kier molecular flexibility index (Phi) is 3.87. The van der Waals surface area contributed by atoms with Crippen LogP contribution in [-0.4, -0.2) is 7.05 Å². The summed E-state index contributed by atoms with van der Waals surface area (Å²) in [7, 11) is 2.00. The van der Waals surface area contributed by atoms with Crippen LogP contribution in [0.2, 0.25) is 0 Å². The molecule has 1 aromatic heterocycles. The molecule has 1 N–H and O–H groups in total. The lowest BCUT2D eigenvalue weighted by Crippen LogP contribution is -2.19. The molecule has 0 spiro atoms. The molecule has 0 aliphatic carbocycles. The second kappa shape index (κ2) is 5.40. The van der Waals surface area contributed by atoms with Gasteiger partial charge in [-0.15, -0.1) is 0 Å². The average Bonchev–Trinajstić information content (AvgIpc) is 2.68. The minimum atomic E-state index is 0.310. The predicted molar refractivity (Wildman–Crippen MR) is 74.9 cm³/mol. The molecule has 2 aromatic rings. The zero-order valence-electron chi connectivity index (χ0n) is 11.6. The van der Waals surface area contributed by atoms with Crippen LogP contribution in [0.5, 0.6) is 0 Å². The lowest BCUT2D eigenvalue weighted by molar-refractivity contribution is 0.490. The van der Waals surface area contributed by atoms with Crippen molar-refractivity contribution in [2.75, 3.05) is 7.05 Å². The molecule has 18 heavy (non-hydrogen) atoms. The van der Waals surface area contributed by atoms with Crippen LogP contribution in [0.4, 0.5) is 0 Å². The molecule has 2 rings (SSSR count). The highest BCUT2D eigenvalue weighted by molar-refractivity contribution is 5.28. The third-order valence-corrected chi connectivity index (χ3v) is 3.36. The van der Waals surface area contributed by atoms with E-state index in [9.17, 15) is 0 Å². The lowest BCUT2D eigenvalue weighted by atomic mass is 9.98. The van der Waals surface area contributed by atoms with E-state index in [-0.39, 0.29) is 0 Å². The lowest BCUT2D eigenvalue weighted by Gasteiger charge is -2.15. The van der Waals surface area contributed by atoms with Gasteiger partial charge in [-0.2, -0.15) is 0 Å². The van der Waals surface area contributed by atoms with E-state index >= 15 is 0 Å². The second-order valence-electron chi connectivity index (χ2n) is 4.90. The van der Waals surface area contributed by atoms with E-state index in [1.807, 2.05) is 20.9 Å². The van der Waals surface area contributed by atoms with E-state index in [1.54, 1.807) is 0 Å². The van der Waals surface area contributed by atoms with Crippen LogP contribution in [0, 0.1) is 20.8 Å². The van der Waals surface area contributed by atoms with E-state index in [1.165, 1.54) is 16.7 Å². The molecule has 0 saturated carbocycles. The van der Waals surface area contributed by atoms with Crippen molar-refractivity contribution in [1.82, 2.24) is 5.32 Å². The first-order valence-electron chi connectivity index (χ1n) is 6.40.